The summed E-state index contributed by atoms with van der Waals surface area (Å²) in [5.41, 5.74) is 1.06. The lowest BCUT2D eigenvalue weighted by molar-refractivity contribution is -0.143. The average molecular weight is 410 g/mol. The number of hydrogen-bond acceptors (Lipinski definition) is 3. The molecule has 0 spiro atoms. The maximum Gasteiger partial charge on any atom is 0.310 e. The second-order valence-electron chi connectivity index (χ2n) is 10.5. The molecule has 0 amide bonds. The van der Waals surface area contributed by atoms with Crippen molar-refractivity contribution in [3.05, 3.63) is 42.0 Å². The Morgan fingerprint density at radius 1 is 1.07 bits per heavy atom. The molecule has 0 aliphatic heterocycles. The molecule has 0 unspecified atom stereocenters. The van der Waals surface area contributed by atoms with Gasteiger partial charge in [0, 0.05) is 13.1 Å². The van der Waals surface area contributed by atoms with Crippen LogP contribution in [-0.4, -0.2) is 23.7 Å². The summed E-state index contributed by atoms with van der Waals surface area (Å²) in [5.74, 6) is 1.09. The Bertz CT molecular complexity index is 902. The van der Waals surface area contributed by atoms with Crippen LogP contribution in [0.2, 0.25) is 0 Å². The lowest BCUT2D eigenvalue weighted by Gasteiger charge is -2.37. The van der Waals surface area contributed by atoms with Crippen LogP contribution in [0.4, 0.5) is 0 Å². The monoisotopic (exact) mass is 409 g/mol. The summed E-state index contributed by atoms with van der Waals surface area (Å²) in [4.78, 5) is 11.3. The molecule has 0 heterocycles. The molecule has 2 N–H and O–H groups in total. The molecular weight excluding hydrogens is 374 g/mol. The van der Waals surface area contributed by atoms with Crippen LogP contribution >= 0.6 is 0 Å². The van der Waals surface area contributed by atoms with Gasteiger partial charge in [-0.25, -0.2) is 0 Å². The Kier molecular flexibility index (Phi) is 5.80. The van der Waals surface area contributed by atoms with E-state index in [1.807, 2.05) is 0 Å². The zero-order valence-corrected chi connectivity index (χ0v) is 18.5. The number of aliphatic carboxylic acids is 1. The van der Waals surface area contributed by atoms with E-state index in [9.17, 15) is 9.90 Å². The summed E-state index contributed by atoms with van der Waals surface area (Å²) < 4.78 is 6.32. The molecule has 4 heteroatoms. The number of carbonyl (C=O) groups is 1. The number of benzene rings is 2. The minimum absolute atomic E-state index is 0.327. The number of fused-ring (bicyclic) bond motifs is 1. The van der Waals surface area contributed by atoms with Gasteiger partial charge in [-0.15, -0.1) is 0 Å². The fourth-order valence-electron chi connectivity index (χ4n) is 4.76. The average Bonchev–Trinajstić information content (AvgIpc) is 3.49. The van der Waals surface area contributed by atoms with Crippen molar-refractivity contribution in [2.75, 3.05) is 6.54 Å². The minimum Gasteiger partial charge on any atom is -0.490 e. The van der Waals surface area contributed by atoms with Gasteiger partial charge in [-0.1, -0.05) is 39.0 Å². The van der Waals surface area contributed by atoms with Crippen LogP contribution < -0.4 is 10.1 Å². The Labute approximate surface area is 180 Å². The predicted molar refractivity (Wildman–Crippen MR) is 121 cm³/mol. The van der Waals surface area contributed by atoms with Crippen LogP contribution in [0.25, 0.3) is 10.8 Å². The fourth-order valence-corrected chi connectivity index (χ4v) is 4.76. The predicted octanol–water partition coefficient (Wildman–Crippen LogP) is 5.78. The SMILES string of the molecule is CC(C)(C)[C@H]1CC[C@H](Oc2ccc3cc(CNCC4(C(=O)O)CC4)ccc3c2)CC1. The first kappa shape index (κ1) is 21.2. The molecule has 4 nitrogen and oxygen atoms in total. The molecule has 162 valence electrons. The maximum absolute atomic E-state index is 11.3. The van der Waals surface area contributed by atoms with Crippen LogP contribution in [0, 0.1) is 16.7 Å². The number of carboxylic acid groups (broad SMARTS) is 1. The second kappa shape index (κ2) is 8.22. The Morgan fingerprint density at radius 2 is 1.73 bits per heavy atom. The number of hydrogen-bond donors (Lipinski definition) is 2. The van der Waals surface area contributed by atoms with Crippen molar-refractivity contribution in [3.8, 4) is 5.75 Å². The summed E-state index contributed by atoms with van der Waals surface area (Å²) in [6, 6.07) is 12.8. The standard InChI is InChI=1S/C26H35NO3/c1-25(2,3)21-7-10-22(11-8-21)30-23-9-6-19-14-18(4-5-20(19)15-23)16-27-17-26(12-13-26)24(28)29/h4-6,9,14-15,21-22,27H,7-8,10-13,16-17H2,1-3H3,(H,28,29)/t21-,22-. The van der Waals surface area contributed by atoms with Crippen molar-refractivity contribution < 1.29 is 14.6 Å². The van der Waals surface area contributed by atoms with Crippen LogP contribution in [0.5, 0.6) is 5.75 Å². The van der Waals surface area contributed by atoms with Gasteiger partial charge in [0.25, 0.3) is 0 Å². The molecule has 2 aliphatic rings. The normalized spacial score (nSPS) is 23.3. The van der Waals surface area contributed by atoms with E-state index < -0.39 is 11.4 Å². The Morgan fingerprint density at radius 3 is 2.37 bits per heavy atom. The molecule has 2 aliphatic carbocycles. The van der Waals surface area contributed by atoms with Gasteiger partial charge < -0.3 is 15.2 Å². The van der Waals surface area contributed by atoms with Crippen LogP contribution in [0.1, 0.15) is 64.9 Å². The molecule has 4 rings (SSSR count). The van der Waals surface area contributed by atoms with E-state index in [-0.39, 0.29) is 0 Å². The van der Waals surface area contributed by atoms with E-state index in [1.54, 1.807) is 0 Å². The number of ether oxygens (including phenoxy) is 1. The van der Waals surface area contributed by atoms with E-state index >= 15 is 0 Å². The van der Waals surface area contributed by atoms with Crippen molar-refractivity contribution in [1.82, 2.24) is 5.32 Å². The smallest absolute Gasteiger partial charge is 0.310 e. The molecule has 0 atom stereocenters. The third-order valence-corrected chi connectivity index (χ3v) is 7.18. The quantitative estimate of drug-likeness (QED) is 0.609. The first-order valence-corrected chi connectivity index (χ1v) is 11.4. The zero-order chi connectivity index (χ0) is 21.4. The summed E-state index contributed by atoms with van der Waals surface area (Å²) in [6.07, 6.45) is 6.68. The summed E-state index contributed by atoms with van der Waals surface area (Å²) in [5, 5.41) is 15.0. The van der Waals surface area contributed by atoms with Gasteiger partial charge in [0.2, 0.25) is 0 Å². The molecule has 0 aromatic heterocycles. The van der Waals surface area contributed by atoms with Gasteiger partial charge in [0.15, 0.2) is 0 Å². The largest absolute Gasteiger partial charge is 0.490 e. The van der Waals surface area contributed by atoms with E-state index in [4.69, 9.17) is 4.74 Å². The second-order valence-corrected chi connectivity index (χ2v) is 10.5. The number of nitrogens with one attached hydrogen (secondary N) is 1. The van der Waals surface area contributed by atoms with Crippen molar-refractivity contribution in [1.29, 1.82) is 0 Å². The van der Waals surface area contributed by atoms with Crippen LogP contribution in [0.3, 0.4) is 0 Å². The fraction of sp³-hybridized carbons (Fsp3) is 0.577. The van der Waals surface area contributed by atoms with Crippen molar-refractivity contribution in [2.45, 2.75) is 71.9 Å². The molecular formula is C26H35NO3. The molecule has 30 heavy (non-hydrogen) atoms. The molecule has 2 aromatic rings. The molecule has 2 saturated carbocycles. The highest BCUT2D eigenvalue weighted by Gasteiger charge is 2.49. The van der Waals surface area contributed by atoms with E-state index in [0.717, 1.165) is 37.4 Å². The molecule has 2 aromatic carbocycles. The maximum atomic E-state index is 11.3. The van der Waals surface area contributed by atoms with E-state index in [1.165, 1.54) is 29.2 Å². The Hall–Kier alpha value is -2.07. The zero-order valence-electron chi connectivity index (χ0n) is 18.5. The number of carboxylic acids is 1. The molecule has 0 saturated heterocycles. The third-order valence-electron chi connectivity index (χ3n) is 7.18. The lowest BCUT2D eigenvalue weighted by Crippen LogP contribution is -2.30. The summed E-state index contributed by atoms with van der Waals surface area (Å²) in [6.45, 7) is 8.29. The van der Waals surface area contributed by atoms with Gasteiger partial charge >= 0.3 is 5.97 Å². The molecule has 0 bridgehead atoms. The van der Waals surface area contributed by atoms with Crippen molar-refractivity contribution >= 4 is 16.7 Å². The molecule has 2 fully saturated rings. The third kappa shape index (κ3) is 4.80. The highest BCUT2D eigenvalue weighted by Crippen LogP contribution is 2.45. The minimum atomic E-state index is -0.673. The van der Waals surface area contributed by atoms with Crippen molar-refractivity contribution in [3.63, 3.8) is 0 Å². The van der Waals surface area contributed by atoms with Gasteiger partial charge in [0.05, 0.1) is 11.5 Å². The van der Waals surface area contributed by atoms with E-state index in [2.05, 4.69) is 62.5 Å². The Balaban J connectivity index is 1.32. The summed E-state index contributed by atoms with van der Waals surface area (Å²) in [7, 11) is 0. The highest BCUT2D eigenvalue weighted by molar-refractivity contribution is 5.84. The topological polar surface area (TPSA) is 58.6 Å². The first-order valence-electron chi connectivity index (χ1n) is 11.4. The molecule has 0 radical (unpaired) electrons. The van der Waals surface area contributed by atoms with Crippen LogP contribution in [0.15, 0.2) is 36.4 Å². The number of rotatable bonds is 7. The van der Waals surface area contributed by atoms with Gasteiger partial charge in [-0.05, 0) is 84.4 Å². The van der Waals surface area contributed by atoms with Gasteiger partial charge in [-0.3, -0.25) is 4.79 Å². The van der Waals surface area contributed by atoms with E-state index in [0.29, 0.717) is 24.6 Å². The van der Waals surface area contributed by atoms with Crippen LogP contribution in [-0.2, 0) is 11.3 Å². The first-order chi connectivity index (χ1) is 14.2. The summed E-state index contributed by atoms with van der Waals surface area (Å²) >= 11 is 0. The van der Waals surface area contributed by atoms with Gasteiger partial charge in [0.1, 0.15) is 5.75 Å². The lowest BCUT2D eigenvalue weighted by atomic mass is 9.72. The van der Waals surface area contributed by atoms with Gasteiger partial charge in [-0.2, -0.15) is 0 Å². The highest BCUT2D eigenvalue weighted by atomic mass is 16.5. The van der Waals surface area contributed by atoms with Crippen molar-refractivity contribution in [2.24, 2.45) is 16.7 Å².